The average Bonchev–Trinajstić information content (AvgIpc) is 3.01. The van der Waals surface area contributed by atoms with E-state index >= 15 is 0 Å². The summed E-state index contributed by atoms with van der Waals surface area (Å²) in [6.07, 6.45) is 4.92. The molecular formula is C23H32N5O2+. The number of hydrogen-bond acceptors (Lipinski definition) is 3. The van der Waals surface area contributed by atoms with Gasteiger partial charge in [0.1, 0.15) is 6.54 Å². The van der Waals surface area contributed by atoms with Crippen LogP contribution in [0.3, 0.4) is 0 Å². The Labute approximate surface area is 176 Å². The van der Waals surface area contributed by atoms with Crippen LogP contribution in [-0.2, 0) is 11.3 Å². The number of benzene rings is 1. The zero-order chi connectivity index (χ0) is 21.3. The summed E-state index contributed by atoms with van der Waals surface area (Å²) in [6.45, 7) is 8.53. The first kappa shape index (κ1) is 20.6. The predicted molar refractivity (Wildman–Crippen MR) is 118 cm³/mol. The Morgan fingerprint density at radius 3 is 2.73 bits per heavy atom. The van der Waals surface area contributed by atoms with Gasteiger partial charge in [0.25, 0.3) is 5.56 Å². The van der Waals surface area contributed by atoms with Gasteiger partial charge in [-0.1, -0.05) is 12.1 Å². The Bertz CT molecular complexity index is 1110. The van der Waals surface area contributed by atoms with Crippen LogP contribution in [0, 0.1) is 6.92 Å². The number of nitrogens with zero attached hydrogens (tertiary/aromatic N) is 3. The summed E-state index contributed by atoms with van der Waals surface area (Å²) in [7, 11) is 0. The van der Waals surface area contributed by atoms with Crippen molar-refractivity contribution in [2.45, 2.75) is 65.1 Å². The topological polar surface area (TPSA) is 72.8 Å². The number of hydrogen-bond donors (Lipinski definition) is 2. The molecule has 30 heavy (non-hydrogen) atoms. The lowest BCUT2D eigenvalue weighted by Crippen LogP contribution is -3.19. The summed E-state index contributed by atoms with van der Waals surface area (Å²) in [6, 6.07) is 10.7. The molecule has 7 nitrogen and oxygen atoms in total. The zero-order valence-corrected chi connectivity index (χ0v) is 18.1. The summed E-state index contributed by atoms with van der Waals surface area (Å²) in [4.78, 5) is 30.5. The van der Waals surface area contributed by atoms with E-state index in [1.165, 1.54) is 25.3 Å². The minimum absolute atomic E-state index is 0.0227. The minimum Gasteiger partial charge on any atom is -0.354 e. The number of carbonyl (C=O) groups excluding carboxylic acids is 1. The maximum Gasteiger partial charge on any atom is 0.273 e. The third kappa shape index (κ3) is 3.99. The minimum atomic E-state index is -0.261. The van der Waals surface area contributed by atoms with Gasteiger partial charge in [0.2, 0.25) is 5.91 Å². The van der Waals surface area contributed by atoms with Crippen molar-refractivity contribution < 1.29 is 9.69 Å². The number of rotatable bonds is 6. The van der Waals surface area contributed by atoms with Gasteiger partial charge in [-0.15, -0.1) is 0 Å². The summed E-state index contributed by atoms with van der Waals surface area (Å²) in [5.41, 5.74) is 2.00. The first-order valence-corrected chi connectivity index (χ1v) is 11.1. The molecule has 160 valence electrons. The Kier molecular flexibility index (Phi) is 5.90. The van der Waals surface area contributed by atoms with Crippen LogP contribution in [0.25, 0.3) is 16.6 Å². The van der Waals surface area contributed by atoms with Crippen molar-refractivity contribution in [3.8, 4) is 0 Å². The van der Waals surface area contributed by atoms with E-state index in [-0.39, 0.29) is 18.0 Å². The second-order valence-corrected chi connectivity index (χ2v) is 8.71. The van der Waals surface area contributed by atoms with Crippen molar-refractivity contribution >= 4 is 22.5 Å². The first-order valence-electron chi connectivity index (χ1n) is 11.1. The van der Waals surface area contributed by atoms with Crippen LogP contribution in [0.4, 0.5) is 0 Å². The molecule has 3 aromatic rings. The number of para-hydroxylation sites is 1. The molecule has 0 saturated carbocycles. The monoisotopic (exact) mass is 410 g/mol. The predicted octanol–water partition coefficient (Wildman–Crippen LogP) is 1.31. The van der Waals surface area contributed by atoms with E-state index in [1.807, 2.05) is 40.4 Å². The highest BCUT2D eigenvalue weighted by atomic mass is 16.2. The fourth-order valence-corrected chi connectivity index (χ4v) is 5.01. The largest absolute Gasteiger partial charge is 0.354 e. The highest BCUT2D eigenvalue weighted by molar-refractivity contribution is 5.93. The van der Waals surface area contributed by atoms with Crippen molar-refractivity contribution in [3.05, 3.63) is 46.4 Å². The molecule has 1 amide bonds. The summed E-state index contributed by atoms with van der Waals surface area (Å²) < 4.78 is 3.77. The normalized spacial score (nSPS) is 21.9. The quantitative estimate of drug-likeness (QED) is 0.602. The second-order valence-electron chi connectivity index (χ2n) is 8.71. The third-order valence-electron chi connectivity index (χ3n) is 6.55. The lowest BCUT2D eigenvalue weighted by atomic mass is 9.97. The summed E-state index contributed by atoms with van der Waals surface area (Å²) in [5, 5.41) is 3.96. The molecule has 2 aromatic heterocycles. The number of aryl methyl sites for hydroxylation is 1. The van der Waals surface area contributed by atoms with Gasteiger partial charge >= 0.3 is 0 Å². The van der Waals surface area contributed by atoms with Crippen molar-refractivity contribution in [3.63, 3.8) is 0 Å². The number of likely N-dealkylation sites (tertiary alicyclic amines) is 1. The SMILES string of the molecule is Cc1cc(=O)nc2c3ccccc3n(CC(=O)NCCC[NH+]3C(C)CCCC3C)n12. The molecule has 3 heterocycles. The molecule has 2 unspecified atom stereocenters. The van der Waals surface area contributed by atoms with E-state index < -0.39 is 0 Å². The van der Waals surface area contributed by atoms with Crippen LogP contribution in [0.1, 0.15) is 45.2 Å². The molecule has 1 saturated heterocycles. The average molecular weight is 411 g/mol. The van der Waals surface area contributed by atoms with Crippen LogP contribution in [0.5, 0.6) is 0 Å². The lowest BCUT2D eigenvalue weighted by molar-refractivity contribution is -0.951. The molecular weight excluding hydrogens is 378 g/mol. The summed E-state index contributed by atoms with van der Waals surface area (Å²) >= 11 is 0. The fourth-order valence-electron chi connectivity index (χ4n) is 5.01. The number of aromatic nitrogens is 3. The zero-order valence-electron chi connectivity index (χ0n) is 18.1. The van der Waals surface area contributed by atoms with Crippen LogP contribution < -0.4 is 15.8 Å². The number of amides is 1. The van der Waals surface area contributed by atoms with Crippen LogP contribution >= 0.6 is 0 Å². The van der Waals surface area contributed by atoms with Gasteiger partial charge in [0, 0.05) is 30.1 Å². The van der Waals surface area contributed by atoms with Gasteiger partial charge in [-0.05, 0) is 52.2 Å². The second kappa shape index (κ2) is 8.60. The van der Waals surface area contributed by atoms with E-state index in [9.17, 15) is 9.59 Å². The number of nitrogens with one attached hydrogen (secondary N) is 2. The van der Waals surface area contributed by atoms with E-state index in [2.05, 4.69) is 24.1 Å². The Morgan fingerprint density at radius 2 is 1.97 bits per heavy atom. The Balaban J connectivity index is 1.45. The molecule has 1 aliphatic rings. The first-order chi connectivity index (χ1) is 14.5. The molecule has 1 aliphatic heterocycles. The van der Waals surface area contributed by atoms with Gasteiger partial charge in [0.15, 0.2) is 5.65 Å². The Hall–Kier alpha value is -2.67. The molecule has 2 N–H and O–H groups in total. The van der Waals surface area contributed by atoms with E-state index in [0.717, 1.165) is 29.6 Å². The van der Waals surface area contributed by atoms with Crippen molar-refractivity contribution in [1.82, 2.24) is 19.5 Å². The van der Waals surface area contributed by atoms with E-state index in [4.69, 9.17) is 0 Å². The van der Waals surface area contributed by atoms with Crippen molar-refractivity contribution in [2.24, 2.45) is 0 Å². The van der Waals surface area contributed by atoms with Crippen molar-refractivity contribution in [1.29, 1.82) is 0 Å². The highest BCUT2D eigenvalue weighted by Crippen LogP contribution is 2.21. The number of quaternary nitrogens is 1. The molecule has 0 spiro atoms. The molecule has 4 rings (SSSR count). The Morgan fingerprint density at radius 1 is 1.23 bits per heavy atom. The molecule has 1 fully saturated rings. The standard InChI is InChI=1S/C23H31N5O2/c1-16-8-6-9-17(2)26(16)13-7-12-24-22(30)15-27-20-11-5-4-10-19(20)23-25-21(29)14-18(3)28(23)27/h4-5,10-11,14,16-17H,6-9,12-13,15H2,1-3H3,(H,24,30)/p+1. The van der Waals surface area contributed by atoms with Gasteiger partial charge in [-0.3, -0.25) is 14.3 Å². The van der Waals surface area contributed by atoms with Gasteiger partial charge in [-0.25, -0.2) is 4.52 Å². The maximum atomic E-state index is 12.7. The molecule has 2 atom stereocenters. The third-order valence-corrected chi connectivity index (χ3v) is 6.55. The maximum absolute atomic E-state index is 12.7. The number of carbonyl (C=O) groups is 1. The number of fused-ring (bicyclic) bond motifs is 3. The van der Waals surface area contributed by atoms with Crippen LogP contribution in [-0.4, -0.2) is 45.3 Å². The summed E-state index contributed by atoms with van der Waals surface area (Å²) in [5.74, 6) is -0.0227. The van der Waals surface area contributed by atoms with Gasteiger partial charge < -0.3 is 10.2 Å². The number of piperidine rings is 1. The highest BCUT2D eigenvalue weighted by Gasteiger charge is 2.27. The molecule has 0 bridgehead atoms. The molecule has 0 radical (unpaired) electrons. The molecule has 1 aromatic carbocycles. The van der Waals surface area contributed by atoms with Gasteiger partial charge in [0.05, 0.1) is 24.1 Å². The van der Waals surface area contributed by atoms with E-state index in [0.29, 0.717) is 24.3 Å². The fraction of sp³-hybridized carbons (Fsp3) is 0.522. The van der Waals surface area contributed by atoms with Crippen LogP contribution in [0.2, 0.25) is 0 Å². The van der Waals surface area contributed by atoms with Gasteiger partial charge in [-0.2, -0.15) is 4.98 Å². The van der Waals surface area contributed by atoms with Crippen LogP contribution in [0.15, 0.2) is 35.1 Å². The smallest absolute Gasteiger partial charge is 0.273 e. The molecule has 7 heteroatoms. The molecule has 0 aliphatic carbocycles. The van der Waals surface area contributed by atoms with E-state index in [1.54, 1.807) is 4.90 Å². The lowest BCUT2D eigenvalue weighted by Gasteiger charge is -2.35. The van der Waals surface area contributed by atoms with Crippen molar-refractivity contribution in [2.75, 3.05) is 13.1 Å².